The SMILES string of the molecule is C=CCOc1ccccc1.C=CCc1ccc(O)c(C)c1.C=CCc1ccccc1.C=Cc1ccccc1.C=Cc1ccccc1.C[SiH](O[Si](C)(C)C)O[Si](C)(C)O[Si](C)(C)C.C[Si](C)(C)O[Si](C)(C)O[Si](C)(CCc1ccccc1)O[Si](C)(C)C. The first-order chi connectivity index (χ1) is 40.0. The summed E-state index contributed by atoms with van der Waals surface area (Å²) < 4.78 is 43.2. The predicted molar refractivity (Wildman–Crippen MR) is 397 cm³/mol. The second-order valence-electron chi connectivity index (χ2n) is 25.3. The van der Waals surface area contributed by atoms with Crippen molar-refractivity contribution in [3.63, 3.8) is 0 Å². The maximum absolute atomic E-state index is 9.19. The summed E-state index contributed by atoms with van der Waals surface area (Å²) in [5, 5.41) is 9.19. The van der Waals surface area contributed by atoms with Gasteiger partial charge in [-0.05, 0) is 202 Å². The molecular formula is C70H112O8Si8. The van der Waals surface area contributed by atoms with E-state index in [1.165, 1.54) is 27.8 Å². The summed E-state index contributed by atoms with van der Waals surface area (Å²) >= 11 is 0. The molecule has 1 N–H and O–H groups in total. The number of phenolic OH excluding ortho intramolecular Hbond substituents is 1. The van der Waals surface area contributed by atoms with Crippen molar-refractivity contribution >= 4 is 80.4 Å². The van der Waals surface area contributed by atoms with Crippen LogP contribution in [0.2, 0.25) is 124 Å². The van der Waals surface area contributed by atoms with Gasteiger partial charge in [-0.15, -0.1) is 13.2 Å². The van der Waals surface area contributed by atoms with Crippen LogP contribution in [0.1, 0.15) is 33.4 Å². The predicted octanol–water partition coefficient (Wildman–Crippen LogP) is 20.7. The number of aromatic hydroxyl groups is 1. The van der Waals surface area contributed by atoms with Crippen LogP contribution in [-0.2, 0) is 44.0 Å². The zero-order valence-corrected chi connectivity index (χ0v) is 64.7. The molecule has 0 amide bonds. The second kappa shape index (κ2) is 42.1. The molecule has 86 heavy (non-hydrogen) atoms. The van der Waals surface area contributed by atoms with Gasteiger partial charge in [-0.1, -0.05) is 202 Å². The normalized spacial score (nSPS) is 12.3. The number of benzene rings is 6. The molecule has 0 spiro atoms. The fourth-order valence-corrected chi connectivity index (χ4v) is 40.6. The van der Waals surface area contributed by atoms with E-state index in [2.05, 4.69) is 193 Å². The molecule has 0 aromatic heterocycles. The number of hydrogen-bond donors (Lipinski definition) is 1. The standard InChI is InChI=1S/C17H36O3Si4.C10H12O.C9H28O3Si4.C9H10O.C9H10.2C8H8/c1-21(2,3)18-23(7,8)20-24(9,19-22(4,5)6)16-15-17-13-11-10-12-14-17;1-3-4-9-5-6-10(11)8(2)7-9;1-13(10-14(2,3)4)11-16(8,9)12-15(5,6)7;1-2-8-10-9-6-4-3-5-7-9;1-2-6-9-7-4-3-5-8-9;2*1-2-8-6-4-3-5-7-8/h10-14H,15-16H2,1-9H3;3,5-7,11H,1,4H2,2H3;13H,1-9H3;2-7H,1,8H2;2-5,7-8H,1,6H2;2*2-7H,1H2. The van der Waals surface area contributed by atoms with Crippen LogP contribution in [0, 0.1) is 6.92 Å². The third-order valence-electron chi connectivity index (χ3n) is 10.8. The van der Waals surface area contributed by atoms with Crippen LogP contribution in [0.15, 0.2) is 221 Å². The Balaban J connectivity index is 0.00000102. The molecule has 0 radical (unpaired) electrons. The van der Waals surface area contributed by atoms with Crippen molar-refractivity contribution in [2.75, 3.05) is 6.61 Å². The van der Waals surface area contributed by atoms with Gasteiger partial charge in [0.2, 0.25) is 0 Å². The molecule has 0 aliphatic rings. The minimum atomic E-state index is -2.28. The minimum absolute atomic E-state index is 0.359. The molecule has 6 rings (SSSR count). The molecule has 0 saturated carbocycles. The van der Waals surface area contributed by atoms with E-state index in [-0.39, 0.29) is 0 Å². The maximum atomic E-state index is 9.19. The van der Waals surface area contributed by atoms with E-state index in [1.54, 1.807) is 12.1 Å². The van der Waals surface area contributed by atoms with E-state index in [0.29, 0.717) is 12.4 Å². The van der Waals surface area contributed by atoms with E-state index in [9.17, 15) is 5.11 Å². The number of phenols is 1. The highest BCUT2D eigenvalue weighted by Gasteiger charge is 2.44. The smallest absolute Gasteiger partial charge is 0.316 e. The summed E-state index contributed by atoms with van der Waals surface area (Å²) in [5.41, 5.74) is 7.14. The number of allylic oxidation sites excluding steroid dienone is 2. The van der Waals surface area contributed by atoms with Gasteiger partial charge in [0.15, 0.2) is 33.3 Å². The Hall–Kier alpha value is -4.88. The summed E-state index contributed by atoms with van der Waals surface area (Å²) in [5.74, 6) is 1.25. The Morgan fingerprint density at radius 3 is 1.19 bits per heavy atom. The lowest BCUT2D eigenvalue weighted by atomic mass is 10.1. The Morgan fingerprint density at radius 1 is 0.419 bits per heavy atom. The number of rotatable bonds is 24. The van der Waals surface area contributed by atoms with Crippen molar-refractivity contribution in [1.29, 1.82) is 0 Å². The zero-order chi connectivity index (χ0) is 65.5. The molecule has 16 heteroatoms. The van der Waals surface area contributed by atoms with Crippen LogP contribution in [0.25, 0.3) is 12.2 Å². The summed E-state index contributed by atoms with van der Waals surface area (Å²) in [6.45, 7) is 60.2. The highest BCUT2D eigenvalue weighted by Crippen LogP contribution is 2.28. The Kier molecular flexibility index (Phi) is 39.7. The van der Waals surface area contributed by atoms with Crippen LogP contribution in [0.4, 0.5) is 0 Å². The molecule has 2 unspecified atom stereocenters. The average molecular weight is 1310 g/mol. The molecular weight excluding hydrogens is 1190 g/mol. The van der Waals surface area contributed by atoms with Crippen molar-refractivity contribution in [3.8, 4) is 11.5 Å². The van der Waals surface area contributed by atoms with Gasteiger partial charge in [0.25, 0.3) is 9.28 Å². The summed E-state index contributed by atoms with van der Waals surface area (Å²) in [6.07, 6.45) is 12.0. The van der Waals surface area contributed by atoms with E-state index < -0.39 is 68.2 Å². The van der Waals surface area contributed by atoms with E-state index in [0.717, 1.165) is 36.6 Å². The number of hydrogen-bond acceptors (Lipinski definition) is 8. The molecule has 8 nitrogen and oxygen atoms in total. The largest absolute Gasteiger partial charge is 0.508 e. The van der Waals surface area contributed by atoms with Crippen molar-refractivity contribution in [2.45, 2.75) is 150 Å². The topological polar surface area (TPSA) is 84.8 Å². The average Bonchev–Trinajstić information content (AvgIpc) is 1.46. The van der Waals surface area contributed by atoms with Gasteiger partial charge in [-0.2, -0.15) is 0 Å². The maximum Gasteiger partial charge on any atom is 0.316 e. The van der Waals surface area contributed by atoms with E-state index in [1.807, 2.05) is 153 Å². The summed E-state index contributed by atoms with van der Waals surface area (Å²) in [7, 11) is -14.2. The van der Waals surface area contributed by atoms with Crippen LogP contribution in [0.5, 0.6) is 11.5 Å². The molecule has 0 aliphatic carbocycles. The molecule has 0 heterocycles. The molecule has 6 aromatic carbocycles. The monoisotopic (exact) mass is 1300 g/mol. The lowest BCUT2D eigenvalue weighted by Gasteiger charge is -2.41. The highest BCUT2D eigenvalue weighted by molar-refractivity contribution is 6.89. The quantitative estimate of drug-likeness (QED) is 0.0474. The van der Waals surface area contributed by atoms with Crippen molar-refractivity contribution in [2.24, 2.45) is 0 Å². The lowest BCUT2D eigenvalue weighted by molar-refractivity contribution is 0.323. The van der Waals surface area contributed by atoms with Crippen molar-refractivity contribution in [1.82, 2.24) is 0 Å². The van der Waals surface area contributed by atoms with Gasteiger partial charge in [0, 0.05) is 0 Å². The first-order valence-electron chi connectivity index (χ1n) is 29.9. The Bertz CT molecular complexity index is 2700. The third kappa shape index (κ3) is 46.3. The van der Waals surface area contributed by atoms with Crippen LogP contribution in [-0.4, -0.2) is 79.9 Å². The molecule has 0 saturated heterocycles. The van der Waals surface area contributed by atoms with Crippen LogP contribution in [0.3, 0.4) is 0 Å². The summed E-state index contributed by atoms with van der Waals surface area (Å²) in [4.78, 5) is 0. The van der Waals surface area contributed by atoms with E-state index >= 15 is 0 Å². The molecule has 6 aromatic rings. The fourth-order valence-electron chi connectivity index (χ4n) is 8.39. The molecule has 2 atom stereocenters. The molecule has 472 valence electrons. The van der Waals surface area contributed by atoms with Crippen LogP contribution < -0.4 is 4.74 Å². The fraction of sp³-hybridized carbons (Fsp3) is 0.343. The highest BCUT2D eigenvalue weighted by atomic mass is 28.5. The van der Waals surface area contributed by atoms with Gasteiger partial charge in [0.1, 0.15) is 18.1 Å². The van der Waals surface area contributed by atoms with E-state index in [4.69, 9.17) is 29.4 Å². The van der Waals surface area contributed by atoms with Gasteiger partial charge < -0.3 is 34.5 Å². The van der Waals surface area contributed by atoms with Crippen molar-refractivity contribution in [3.05, 3.63) is 254 Å². The second-order valence-corrected chi connectivity index (χ2v) is 56.9. The third-order valence-corrected chi connectivity index (χ3v) is 36.4. The first-order valence-corrected chi connectivity index (χ1v) is 53.7. The van der Waals surface area contributed by atoms with Gasteiger partial charge in [-0.3, -0.25) is 0 Å². The molecule has 0 bridgehead atoms. The molecule has 0 aliphatic heterocycles. The van der Waals surface area contributed by atoms with Crippen molar-refractivity contribution < 1.29 is 34.5 Å². The summed E-state index contributed by atoms with van der Waals surface area (Å²) in [6, 6.07) is 57.2. The Labute approximate surface area is 533 Å². The first kappa shape index (κ1) is 81.1. The Morgan fingerprint density at radius 2 is 0.814 bits per heavy atom. The number of para-hydroxylation sites is 1. The van der Waals surface area contributed by atoms with Gasteiger partial charge >= 0.3 is 25.7 Å². The lowest BCUT2D eigenvalue weighted by Crippen LogP contribution is -2.57. The molecule has 0 fully saturated rings. The minimum Gasteiger partial charge on any atom is -0.508 e. The van der Waals surface area contributed by atoms with Gasteiger partial charge in [0.05, 0.1) is 0 Å². The van der Waals surface area contributed by atoms with Crippen LogP contribution >= 0.6 is 0 Å². The number of aryl methyl sites for hydroxylation is 2. The zero-order valence-electron chi connectivity index (χ0n) is 56.5. The number of ether oxygens (including phenoxy) is 1. The van der Waals surface area contributed by atoms with Gasteiger partial charge in [-0.25, -0.2) is 0 Å².